The molecule has 0 unspecified atom stereocenters. The molecule has 0 spiro atoms. The van der Waals surface area contributed by atoms with Crippen LogP contribution in [-0.4, -0.2) is 11.4 Å². The van der Waals surface area contributed by atoms with Gasteiger partial charge in [-0.3, -0.25) is 9.98 Å². The van der Waals surface area contributed by atoms with Crippen LogP contribution < -0.4 is 0 Å². The molecule has 2 rings (SSSR count). The molecule has 26 heavy (non-hydrogen) atoms. The molecule has 0 saturated heterocycles. The van der Waals surface area contributed by atoms with Gasteiger partial charge in [0.05, 0.1) is 22.8 Å². The highest BCUT2D eigenvalue weighted by Gasteiger charge is 2.12. The molecule has 0 aliphatic rings. The van der Waals surface area contributed by atoms with Crippen molar-refractivity contribution in [3.8, 4) is 0 Å². The summed E-state index contributed by atoms with van der Waals surface area (Å²) in [6.07, 6.45) is 0. The third-order valence-corrected chi connectivity index (χ3v) is 7.45. The molecule has 0 atom stereocenters. The van der Waals surface area contributed by atoms with Gasteiger partial charge in [0.15, 0.2) is 0 Å². The molecule has 6 heteroatoms. The lowest BCUT2D eigenvalue weighted by molar-refractivity contribution is 1.27. The fraction of sp³-hybridized carbons (Fsp3) is 0.300. The highest BCUT2D eigenvalue weighted by molar-refractivity contribution is 9.11. The van der Waals surface area contributed by atoms with Gasteiger partial charge < -0.3 is 0 Å². The molecule has 0 fully saturated rings. The highest BCUT2D eigenvalue weighted by Crippen LogP contribution is 2.37. The second-order valence-electron chi connectivity index (χ2n) is 6.27. The Morgan fingerprint density at radius 1 is 0.577 bits per heavy atom. The lowest BCUT2D eigenvalue weighted by Crippen LogP contribution is -2.05. The van der Waals surface area contributed by atoms with E-state index in [1.54, 1.807) is 0 Å². The number of nitrogens with zero attached hydrogens (tertiary/aromatic N) is 2. The quantitative estimate of drug-likeness (QED) is 0.312. The van der Waals surface area contributed by atoms with Crippen molar-refractivity contribution in [1.29, 1.82) is 0 Å². The summed E-state index contributed by atoms with van der Waals surface area (Å²) >= 11 is 14.4. The molecule has 0 N–H and O–H groups in total. The monoisotopic (exact) mass is 604 g/mol. The van der Waals surface area contributed by atoms with Crippen LogP contribution in [0.4, 0.5) is 11.4 Å². The molecule has 0 aliphatic heterocycles. The number of benzene rings is 2. The zero-order valence-electron chi connectivity index (χ0n) is 15.6. The zero-order valence-corrected chi connectivity index (χ0v) is 21.9. The minimum Gasteiger partial charge on any atom is -0.250 e. The van der Waals surface area contributed by atoms with Crippen LogP contribution in [0, 0.1) is 27.7 Å². The number of rotatable bonds is 3. The van der Waals surface area contributed by atoms with Crippen LogP contribution >= 0.6 is 63.7 Å². The minimum atomic E-state index is 0.891. The van der Waals surface area contributed by atoms with Gasteiger partial charge in [-0.15, -0.1) is 0 Å². The first-order chi connectivity index (χ1) is 12.0. The van der Waals surface area contributed by atoms with Crippen LogP contribution in [0.2, 0.25) is 0 Å². The van der Waals surface area contributed by atoms with E-state index < -0.39 is 0 Å². The maximum Gasteiger partial charge on any atom is 0.0808 e. The van der Waals surface area contributed by atoms with E-state index in [0.29, 0.717) is 0 Å². The van der Waals surface area contributed by atoms with Crippen molar-refractivity contribution in [3.63, 3.8) is 0 Å². The predicted molar refractivity (Wildman–Crippen MR) is 128 cm³/mol. The molecular formula is C20H20Br4N2. The standard InChI is InChI=1S/C20H20Br4N2/c1-9-11(3)19(17(23)7-15(9)21)25-13(5)14(6)26-20-12(4)10(2)16(22)8-18(20)24/h7-8H,1-6H3. The molecular weight excluding hydrogens is 588 g/mol. The Morgan fingerprint density at radius 2 is 0.885 bits per heavy atom. The van der Waals surface area contributed by atoms with Crippen LogP contribution in [0.1, 0.15) is 36.1 Å². The fourth-order valence-electron chi connectivity index (χ4n) is 2.42. The second kappa shape index (κ2) is 8.80. The minimum absolute atomic E-state index is 0.891. The van der Waals surface area contributed by atoms with E-state index in [2.05, 4.69) is 91.4 Å². The van der Waals surface area contributed by atoms with Crippen molar-refractivity contribution in [2.24, 2.45) is 9.98 Å². The van der Waals surface area contributed by atoms with E-state index >= 15 is 0 Å². The number of hydrogen-bond donors (Lipinski definition) is 0. The van der Waals surface area contributed by atoms with Crippen LogP contribution in [0.15, 0.2) is 40.0 Å². The topological polar surface area (TPSA) is 24.7 Å². The van der Waals surface area contributed by atoms with Crippen molar-refractivity contribution in [1.82, 2.24) is 0 Å². The molecule has 138 valence electrons. The van der Waals surface area contributed by atoms with Crippen LogP contribution in [0.25, 0.3) is 0 Å². The van der Waals surface area contributed by atoms with E-state index in [1.165, 1.54) is 11.1 Å². The Bertz CT molecular complexity index is 866. The molecule has 2 aromatic carbocycles. The van der Waals surface area contributed by atoms with E-state index in [-0.39, 0.29) is 0 Å². The summed E-state index contributed by atoms with van der Waals surface area (Å²) in [6, 6.07) is 4.08. The molecule has 2 aromatic rings. The van der Waals surface area contributed by atoms with Crippen LogP contribution in [-0.2, 0) is 0 Å². The van der Waals surface area contributed by atoms with E-state index in [4.69, 9.17) is 9.98 Å². The maximum absolute atomic E-state index is 4.85. The van der Waals surface area contributed by atoms with Gasteiger partial charge in [-0.05, 0) is 108 Å². The third-order valence-electron chi connectivity index (χ3n) is 4.59. The third kappa shape index (κ3) is 4.57. The summed E-state index contributed by atoms with van der Waals surface area (Å²) in [5, 5.41) is 0. The van der Waals surface area contributed by atoms with Gasteiger partial charge in [0.2, 0.25) is 0 Å². The van der Waals surface area contributed by atoms with Gasteiger partial charge in [-0.2, -0.15) is 0 Å². The van der Waals surface area contributed by atoms with Gasteiger partial charge in [0, 0.05) is 17.9 Å². The molecule has 0 heterocycles. The second-order valence-corrected chi connectivity index (χ2v) is 9.69. The summed E-state index contributed by atoms with van der Waals surface area (Å²) in [4.78, 5) is 9.70. The molecule has 0 saturated carbocycles. The first kappa shape index (κ1) is 22.0. The van der Waals surface area contributed by atoms with Gasteiger partial charge in [0.1, 0.15) is 0 Å². The first-order valence-electron chi connectivity index (χ1n) is 8.06. The number of aliphatic imine (C=N–C) groups is 2. The zero-order chi connectivity index (χ0) is 19.8. The summed E-state index contributed by atoms with van der Waals surface area (Å²) < 4.78 is 4.09. The Balaban J connectivity index is 2.54. The Kier molecular flexibility index (Phi) is 7.45. The molecule has 0 aliphatic carbocycles. The van der Waals surface area contributed by atoms with E-state index in [9.17, 15) is 0 Å². The first-order valence-corrected chi connectivity index (χ1v) is 11.2. The Labute approximate surface area is 189 Å². The highest BCUT2D eigenvalue weighted by atomic mass is 79.9. The van der Waals surface area contributed by atoms with Crippen LogP contribution in [0.5, 0.6) is 0 Å². The lowest BCUT2D eigenvalue weighted by atomic mass is 10.1. The molecule has 0 radical (unpaired) electrons. The Morgan fingerprint density at radius 3 is 1.19 bits per heavy atom. The largest absolute Gasteiger partial charge is 0.250 e. The van der Waals surface area contributed by atoms with Crippen molar-refractivity contribution < 1.29 is 0 Å². The summed E-state index contributed by atoms with van der Waals surface area (Å²) in [6.45, 7) is 12.3. The van der Waals surface area contributed by atoms with Gasteiger partial charge in [0.25, 0.3) is 0 Å². The maximum atomic E-state index is 4.85. The van der Waals surface area contributed by atoms with Crippen LogP contribution in [0.3, 0.4) is 0 Å². The Hall–Kier alpha value is -0.300. The van der Waals surface area contributed by atoms with Crippen molar-refractivity contribution in [3.05, 3.63) is 52.3 Å². The molecule has 0 amide bonds. The van der Waals surface area contributed by atoms with Gasteiger partial charge >= 0.3 is 0 Å². The van der Waals surface area contributed by atoms with E-state index in [1.807, 2.05) is 26.0 Å². The average Bonchev–Trinajstić information content (AvgIpc) is 2.58. The summed E-state index contributed by atoms with van der Waals surface area (Å²) in [7, 11) is 0. The van der Waals surface area contributed by atoms with E-state index in [0.717, 1.165) is 51.8 Å². The van der Waals surface area contributed by atoms with Crippen molar-refractivity contribution in [2.75, 3.05) is 0 Å². The number of hydrogen-bond acceptors (Lipinski definition) is 2. The SMILES string of the molecule is CC(=Nc1c(Br)cc(Br)c(C)c1C)C(C)=Nc1c(Br)cc(Br)c(C)c1C. The van der Waals surface area contributed by atoms with Gasteiger partial charge in [-0.25, -0.2) is 0 Å². The summed E-state index contributed by atoms with van der Waals surface area (Å²) in [5.74, 6) is 0. The average molecular weight is 608 g/mol. The predicted octanol–water partition coefficient (Wildman–Crippen LogP) is 8.86. The number of halogens is 4. The lowest BCUT2D eigenvalue weighted by Gasteiger charge is -2.12. The van der Waals surface area contributed by atoms with Crippen molar-refractivity contribution >= 4 is 86.5 Å². The van der Waals surface area contributed by atoms with Crippen molar-refractivity contribution in [2.45, 2.75) is 41.5 Å². The molecule has 2 nitrogen and oxygen atoms in total. The summed E-state index contributed by atoms with van der Waals surface area (Å²) in [5.41, 5.74) is 8.35. The smallest absolute Gasteiger partial charge is 0.0808 e. The molecule has 0 aromatic heterocycles. The normalized spacial score (nSPS) is 12.7. The molecule has 0 bridgehead atoms. The fourth-order valence-corrected chi connectivity index (χ4v) is 5.32. The van der Waals surface area contributed by atoms with Gasteiger partial charge in [-0.1, -0.05) is 31.9 Å².